The second-order valence-corrected chi connectivity index (χ2v) is 6.36. The van der Waals surface area contributed by atoms with Crippen molar-refractivity contribution < 1.29 is 16.8 Å². The molecule has 0 atom stereocenters. The van der Waals surface area contributed by atoms with Crippen LogP contribution in [0.25, 0.3) is 10.6 Å². The minimum absolute atomic E-state index is 0. The third-order valence-corrected chi connectivity index (χ3v) is 4.00. The molecule has 0 aliphatic carbocycles. The van der Waals surface area contributed by atoms with Gasteiger partial charge in [0, 0.05) is 47.6 Å². The summed E-state index contributed by atoms with van der Waals surface area (Å²) < 4.78 is 0. The molecule has 0 saturated heterocycles. The van der Waals surface area contributed by atoms with E-state index in [2.05, 4.69) is 30.6 Å². The molecule has 1 radical (unpaired) electrons. The summed E-state index contributed by atoms with van der Waals surface area (Å²) in [7, 11) is 0. The van der Waals surface area contributed by atoms with Gasteiger partial charge in [-0.25, -0.2) is 0 Å². The molecule has 0 aliphatic heterocycles. The molecular weight excluding hydrogens is 431 g/mol. The zero-order chi connectivity index (χ0) is 20.7. The Labute approximate surface area is 193 Å². The van der Waals surface area contributed by atoms with Gasteiger partial charge in [-0.1, -0.05) is 24.3 Å². The van der Waals surface area contributed by atoms with Crippen LogP contribution in [0.15, 0.2) is 97.6 Å². The van der Waals surface area contributed by atoms with Crippen molar-refractivity contribution in [1.82, 2.24) is 19.9 Å². The molecule has 4 aromatic rings. The fraction of sp³-hybridized carbons (Fsp3) is 0.167. The molecular formula is C24H24CoN6. The van der Waals surface area contributed by atoms with Crippen molar-refractivity contribution in [1.29, 1.82) is 0 Å². The summed E-state index contributed by atoms with van der Waals surface area (Å²) in [5.41, 5.74) is 3.98. The Morgan fingerprint density at radius 1 is 0.419 bits per heavy atom. The van der Waals surface area contributed by atoms with E-state index in [1.807, 2.05) is 72.8 Å². The Hall–Kier alpha value is -2.97. The summed E-state index contributed by atoms with van der Waals surface area (Å²) in [6.45, 7) is 2.60. The van der Waals surface area contributed by atoms with Crippen LogP contribution in [0.3, 0.4) is 0 Å². The molecule has 0 N–H and O–H groups in total. The summed E-state index contributed by atoms with van der Waals surface area (Å²) >= 11 is 0. The number of aromatic nitrogens is 4. The minimum Gasteiger partial charge on any atom is -0.652 e. The molecule has 159 valence electrons. The van der Waals surface area contributed by atoms with Crippen molar-refractivity contribution in [2.24, 2.45) is 0 Å². The summed E-state index contributed by atoms with van der Waals surface area (Å²) in [5, 5.41) is 8.77. The maximum Gasteiger partial charge on any atom is 2.00 e. The molecule has 4 rings (SSSR count). The van der Waals surface area contributed by atoms with Gasteiger partial charge in [0.1, 0.15) is 0 Å². The van der Waals surface area contributed by atoms with E-state index in [9.17, 15) is 0 Å². The van der Waals surface area contributed by atoms with Crippen molar-refractivity contribution in [2.75, 3.05) is 0 Å². The standard InChI is InChI=1S/2C12H12N3.Co/c2*1-3-7-14-11(5-1)9-13-10-12-6-2-4-8-15-12;/h2*1-8H,9-10H2;/q2*-1;+2. The smallest absolute Gasteiger partial charge is 0.652 e. The second kappa shape index (κ2) is 14.9. The first-order chi connectivity index (χ1) is 14.9. The number of hydrogen-bond donors (Lipinski definition) is 0. The third-order valence-electron chi connectivity index (χ3n) is 4.00. The third kappa shape index (κ3) is 10.1. The molecule has 0 fully saturated rings. The van der Waals surface area contributed by atoms with Crippen LogP contribution in [-0.4, -0.2) is 19.9 Å². The first-order valence-electron chi connectivity index (χ1n) is 9.76. The van der Waals surface area contributed by atoms with E-state index < -0.39 is 0 Å². The van der Waals surface area contributed by atoms with Gasteiger partial charge in [0.2, 0.25) is 0 Å². The number of nitrogens with zero attached hydrogens (tertiary/aromatic N) is 6. The van der Waals surface area contributed by atoms with Gasteiger partial charge >= 0.3 is 16.8 Å². The summed E-state index contributed by atoms with van der Waals surface area (Å²) in [6, 6.07) is 23.4. The largest absolute Gasteiger partial charge is 2.00 e. The summed E-state index contributed by atoms with van der Waals surface area (Å²) in [5.74, 6) is 0. The van der Waals surface area contributed by atoms with Crippen LogP contribution in [0.1, 0.15) is 22.8 Å². The topological polar surface area (TPSA) is 79.8 Å². The maximum absolute atomic E-state index is 4.39. The van der Waals surface area contributed by atoms with Crippen LogP contribution in [0.2, 0.25) is 0 Å². The summed E-state index contributed by atoms with van der Waals surface area (Å²) in [6.07, 6.45) is 7.13. The van der Waals surface area contributed by atoms with E-state index in [-0.39, 0.29) is 16.8 Å². The van der Waals surface area contributed by atoms with Gasteiger partial charge in [-0.2, -0.15) is 0 Å². The van der Waals surface area contributed by atoms with E-state index >= 15 is 0 Å². The first-order valence-corrected chi connectivity index (χ1v) is 9.76. The molecule has 7 heteroatoms. The van der Waals surface area contributed by atoms with Gasteiger partial charge in [-0.3, -0.25) is 19.9 Å². The molecule has 0 aliphatic rings. The van der Waals surface area contributed by atoms with E-state index in [1.165, 1.54) is 0 Å². The molecule has 0 saturated carbocycles. The van der Waals surface area contributed by atoms with Gasteiger partial charge in [0.15, 0.2) is 0 Å². The molecule has 0 aromatic carbocycles. The Morgan fingerprint density at radius 3 is 0.871 bits per heavy atom. The van der Waals surface area contributed by atoms with Gasteiger partial charge in [-0.05, 0) is 48.5 Å². The molecule has 4 aromatic heterocycles. The fourth-order valence-corrected chi connectivity index (χ4v) is 2.54. The number of rotatable bonds is 8. The van der Waals surface area contributed by atoms with Crippen molar-refractivity contribution in [2.45, 2.75) is 26.2 Å². The van der Waals surface area contributed by atoms with Crippen molar-refractivity contribution >= 4 is 0 Å². The van der Waals surface area contributed by atoms with E-state index in [1.54, 1.807) is 24.8 Å². The minimum atomic E-state index is 0. The maximum atomic E-state index is 4.39. The first kappa shape index (κ1) is 24.3. The molecule has 4 heterocycles. The SMILES string of the molecule is [Co+2].c1ccc(C[N-]Cc2ccccn2)nc1.c1ccc(C[N-]Cc2ccccn2)nc1. The molecule has 0 amide bonds. The Balaban J connectivity index is 0.000000213. The van der Waals surface area contributed by atoms with Crippen molar-refractivity contribution in [3.8, 4) is 0 Å². The predicted octanol–water partition coefficient (Wildman–Crippen LogP) is 5.10. The summed E-state index contributed by atoms with van der Waals surface area (Å²) in [4.78, 5) is 16.8. The van der Waals surface area contributed by atoms with Crippen LogP contribution >= 0.6 is 0 Å². The number of hydrogen-bond acceptors (Lipinski definition) is 4. The zero-order valence-corrected chi connectivity index (χ0v) is 18.1. The van der Waals surface area contributed by atoms with Gasteiger partial charge < -0.3 is 10.6 Å². The average Bonchev–Trinajstić information content (AvgIpc) is 2.82. The predicted molar refractivity (Wildman–Crippen MR) is 118 cm³/mol. The number of pyridine rings is 4. The Morgan fingerprint density at radius 2 is 0.677 bits per heavy atom. The van der Waals surface area contributed by atoms with Crippen LogP contribution < -0.4 is 0 Å². The monoisotopic (exact) mass is 455 g/mol. The van der Waals surface area contributed by atoms with Crippen LogP contribution in [0.5, 0.6) is 0 Å². The van der Waals surface area contributed by atoms with Gasteiger partial charge in [-0.15, -0.1) is 26.2 Å². The average molecular weight is 455 g/mol. The van der Waals surface area contributed by atoms with Crippen molar-refractivity contribution in [3.05, 3.63) is 131 Å². The van der Waals surface area contributed by atoms with E-state index in [0.29, 0.717) is 26.2 Å². The normalized spacial score (nSPS) is 9.81. The zero-order valence-electron chi connectivity index (χ0n) is 17.1. The second-order valence-electron chi connectivity index (χ2n) is 6.36. The molecule has 0 unspecified atom stereocenters. The van der Waals surface area contributed by atoms with Crippen molar-refractivity contribution in [3.63, 3.8) is 0 Å². The van der Waals surface area contributed by atoms with E-state index in [0.717, 1.165) is 22.8 Å². The molecule has 31 heavy (non-hydrogen) atoms. The van der Waals surface area contributed by atoms with Crippen LogP contribution in [0.4, 0.5) is 0 Å². The van der Waals surface area contributed by atoms with E-state index in [4.69, 9.17) is 0 Å². The Kier molecular flexibility index (Phi) is 11.7. The quantitative estimate of drug-likeness (QED) is 0.370. The Bertz CT molecular complexity index is 781. The van der Waals surface area contributed by atoms with Gasteiger partial charge in [0.05, 0.1) is 0 Å². The van der Waals surface area contributed by atoms with Crippen LogP contribution in [0, 0.1) is 0 Å². The van der Waals surface area contributed by atoms with Crippen LogP contribution in [-0.2, 0) is 43.0 Å². The molecule has 0 spiro atoms. The fourth-order valence-electron chi connectivity index (χ4n) is 2.54. The molecule has 6 nitrogen and oxygen atoms in total. The van der Waals surface area contributed by atoms with Gasteiger partial charge in [0.25, 0.3) is 0 Å². The molecule has 0 bridgehead atoms.